The molecule has 2 fully saturated rings. The predicted octanol–water partition coefficient (Wildman–Crippen LogP) is 5.24. The van der Waals surface area contributed by atoms with Crippen LogP contribution in [0.3, 0.4) is 0 Å². The van der Waals surface area contributed by atoms with Crippen LogP contribution < -0.4 is 0 Å². The summed E-state index contributed by atoms with van der Waals surface area (Å²) in [5.74, 6) is -0.154. The average molecular weight is 489 g/mol. The zero-order chi connectivity index (χ0) is 25.1. The van der Waals surface area contributed by atoms with Crippen LogP contribution >= 0.6 is 0 Å². The van der Waals surface area contributed by atoms with E-state index in [-0.39, 0.29) is 23.7 Å². The third kappa shape index (κ3) is 5.51. The Balaban J connectivity index is 1.19. The normalized spacial score (nSPS) is 24.4. The minimum absolute atomic E-state index is 0.0594. The monoisotopic (exact) mass is 488 g/mol. The second kappa shape index (κ2) is 11.2. The van der Waals surface area contributed by atoms with Crippen LogP contribution in [0.25, 0.3) is 11.1 Å². The molecule has 2 aromatic carbocycles. The second-order valence-electron chi connectivity index (χ2n) is 11.1. The fraction of sp³-hybridized carbons (Fsp3) is 0.548. The van der Waals surface area contributed by atoms with Crippen molar-refractivity contribution in [1.29, 1.82) is 0 Å². The first-order chi connectivity index (χ1) is 17.5. The van der Waals surface area contributed by atoms with Gasteiger partial charge in [-0.05, 0) is 86.2 Å². The fourth-order valence-electron chi connectivity index (χ4n) is 6.44. The number of benzene rings is 2. The van der Waals surface area contributed by atoms with E-state index in [2.05, 4.69) is 54.3 Å². The van der Waals surface area contributed by atoms with E-state index < -0.39 is 0 Å². The number of esters is 1. The highest BCUT2D eigenvalue weighted by molar-refractivity contribution is 5.81. The minimum atomic E-state index is -0.168. The Labute approximate surface area is 215 Å². The van der Waals surface area contributed by atoms with E-state index in [0.29, 0.717) is 13.0 Å². The van der Waals surface area contributed by atoms with Crippen molar-refractivity contribution >= 4 is 11.9 Å². The number of carbonyl (C=O) groups excluding carboxylic acids is 2. The summed E-state index contributed by atoms with van der Waals surface area (Å²) in [5.41, 5.74) is 6.50. The largest absolute Gasteiger partial charge is 0.469 e. The van der Waals surface area contributed by atoms with Crippen LogP contribution in [0.5, 0.6) is 0 Å². The van der Waals surface area contributed by atoms with E-state index in [1.807, 2.05) is 4.90 Å². The number of hydrogen-bond donors (Lipinski definition) is 0. The molecule has 0 N–H and O–H groups in total. The van der Waals surface area contributed by atoms with E-state index in [9.17, 15) is 9.59 Å². The van der Waals surface area contributed by atoms with E-state index in [4.69, 9.17) is 4.74 Å². The number of rotatable bonds is 6. The van der Waals surface area contributed by atoms with Gasteiger partial charge in [0.05, 0.1) is 13.0 Å². The van der Waals surface area contributed by atoms with Crippen LogP contribution in [0, 0.1) is 11.8 Å². The molecule has 192 valence electrons. The van der Waals surface area contributed by atoms with E-state index in [1.165, 1.54) is 54.3 Å². The zero-order valence-electron chi connectivity index (χ0n) is 21.9. The van der Waals surface area contributed by atoms with E-state index in [0.717, 1.165) is 51.2 Å². The summed E-state index contributed by atoms with van der Waals surface area (Å²) in [6.45, 7) is 6.16. The molecule has 5 nitrogen and oxygen atoms in total. The SMILES string of the molecule is COC(=O)C1CCCC(C(=O)N2CCc3cc(-c4ccc(CCN5CCCC5C)cc4)ccc3C2)C1. The van der Waals surface area contributed by atoms with Gasteiger partial charge in [-0.25, -0.2) is 0 Å². The van der Waals surface area contributed by atoms with Crippen molar-refractivity contribution in [2.75, 3.05) is 26.7 Å². The number of hydrogen-bond acceptors (Lipinski definition) is 4. The molecule has 3 unspecified atom stereocenters. The lowest BCUT2D eigenvalue weighted by Gasteiger charge is -2.34. The van der Waals surface area contributed by atoms with Gasteiger partial charge in [0.1, 0.15) is 0 Å². The van der Waals surface area contributed by atoms with Crippen LogP contribution in [0.2, 0.25) is 0 Å². The quantitative estimate of drug-likeness (QED) is 0.522. The Morgan fingerprint density at radius 3 is 2.44 bits per heavy atom. The summed E-state index contributed by atoms with van der Waals surface area (Å²) >= 11 is 0. The van der Waals surface area contributed by atoms with Gasteiger partial charge in [-0.1, -0.05) is 48.9 Å². The topological polar surface area (TPSA) is 49.9 Å². The van der Waals surface area contributed by atoms with Crippen LogP contribution in [0.4, 0.5) is 0 Å². The molecule has 1 saturated carbocycles. The maximum Gasteiger partial charge on any atom is 0.308 e. The first-order valence-corrected chi connectivity index (χ1v) is 13.8. The van der Waals surface area contributed by atoms with Crippen molar-refractivity contribution in [3.05, 3.63) is 59.2 Å². The van der Waals surface area contributed by atoms with Gasteiger partial charge in [-0.2, -0.15) is 0 Å². The number of ether oxygens (including phenoxy) is 1. The molecule has 0 spiro atoms. The lowest BCUT2D eigenvalue weighted by atomic mass is 9.80. The second-order valence-corrected chi connectivity index (χ2v) is 11.1. The summed E-state index contributed by atoms with van der Waals surface area (Å²) in [6.07, 6.45) is 7.91. The molecule has 5 heteroatoms. The van der Waals surface area contributed by atoms with Crippen LogP contribution in [-0.2, 0) is 33.7 Å². The summed E-state index contributed by atoms with van der Waals surface area (Å²) in [5, 5.41) is 0. The van der Waals surface area contributed by atoms with Gasteiger partial charge in [-0.3, -0.25) is 9.59 Å². The number of nitrogens with zero attached hydrogens (tertiary/aromatic N) is 2. The summed E-state index contributed by atoms with van der Waals surface area (Å²) in [6, 6.07) is 16.5. The molecule has 0 radical (unpaired) electrons. The Hall–Kier alpha value is -2.66. The molecule has 3 aliphatic rings. The Bertz CT molecular complexity index is 1080. The maximum atomic E-state index is 13.3. The van der Waals surface area contributed by atoms with Crippen molar-refractivity contribution in [1.82, 2.24) is 9.80 Å². The first-order valence-electron chi connectivity index (χ1n) is 13.8. The molecule has 3 atom stereocenters. The Morgan fingerprint density at radius 1 is 0.917 bits per heavy atom. The Kier molecular flexibility index (Phi) is 7.76. The van der Waals surface area contributed by atoms with Crippen molar-refractivity contribution in [3.8, 4) is 11.1 Å². The van der Waals surface area contributed by atoms with Gasteiger partial charge in [0.25, 0.3) is 0 Å². The standard InChI is InChI=1S/C31H40N2O3/c1-22-5-4-16-32(22)17-14-23-8-10-24(11-9-23)25-12-13-29-21-33(18-15-26(29)19-25)30(34)27-6-3-7-28(20-27)31(35)36-2/h8-13,19,22,27-28H,3-7,14-18,20-21H2,1-2H3. The zero-order valence-corrected chi connectivity index (χ0v) is 21.9. The molecule has 5 rings (SSSR count). The number of methoxy groups -OCH3 is 1. The highest BCUT2D eigenvalue weighted by Gasteiger charge is 2.34. The summed E-state index contributed by atoms with van der Waals surface area (Å²) in [7, 11) is 1.44. The number of fused-ring (bicyclic) bond motifs is 1. The number of amides is 1. The van der Waals surface area contributed by atoms with Gasteiger partial charge in [0, 0.05) is 31.6 Å². The summed E-state index contributed by atoms with van der Waals surface area (Å²) < 4.78 is 4.93. The van der Waals surface area contributed by atoms with Gasteiger partial charge in [0.15, 0.2) is 0 Å². The molecule has 0 aromatic heterocycles. The molecule has 1 aliphatic carbocycles. The lowest BCUT2D eigenvalue weighted by Crippen LogP contribution is -2.41. The highest BCUT2D eigenvalue weighted by Crippen LogP contribution is 2.33. The predicted molar refractivity (Wildman–Crippen MR) is 142 cm³/mol. The van der Waals surface area contributed by atoms with E-state index >= 15 is 0 Å². The molecular formula is C31H40N2O3. The minimum Gasteiger partial charge on any atom is -0.469 e. The van der Waals surface area contributed by atoms with Crippen LogP contribution in [0.1, 0.15) is 62.1 Å². The van der Waals surface area contributed by atoms with Crippen LogP contribution in [0.15, 0.2) is 42.5 Å². The van der Waals surface area contributed by atoms with E-state index in [1.54, 1.807) is 0 Å². The average Bonchev–Trinajstić information content (AvgIpc) is 3.35. The van der Waals surface area contributed by atoms with Gasteiger partial charge in [-0.15, -0.1) is 0 Å². The molecule has 36 heavy (non-hydrogen) atoms. The highest BCUT2D eigenvalue weighted by atomic mass is 16.5. The summed E-state index contributed by atoms with van der Waals surface area (Å²) in [4.78, 5) is 29.9. The molecule has 0 bridgehead atoms. The van der Waals surface area contributed by atoms with Gasteiger partial charge >= 0.3 is 5.97 Å². The lowest BCUT2D eigenvalue weighted by molar-refractivity contribution is -0.148. The molecular weight excluding hydrogens is 448 g/mol. The van der Waals surface area contributed by atoms with Crippen molar-refractivity contribution in [2.45, 2.75) is 70.9 Å². The smallest absolute Gasteiger partial charge is 0.308 e. The number of likely N-dealkylation sites (tertiary alicyclic amines) is 1. The van der Waals surface area contributed by atoms with Crippen molar-refractivity contribution < 1.29 is 14.3 Å². The third-order valence-electron chi connectivity index (χ3n) is 8.75. The van der Waals surface area contributed by atoms with Gasteiger partial charge in [0.2, 0.25) is 5.91 Å². The molecule has 1 amide bonds. The first kappa shape index (κ1) is 25.0. The maximum absolute atomic E-state index is 13.3. The molecule has 2 aromatic rings. The third-order valence-corrected chi connectivity index (χ3v) is 8.75. The fourth-order valence-corrected chi connectivity index (χ4v) is 6.44. The van der Waals surface area contributed by atoms with Crippen molar-refractivity contribution in [3.63, 3.8) is 0 Å². The van der Waals surface area contributed by atoms with Gasteiger partial charge < -0.3 is 14.5 Å². The van der Waals surface area contributed by atoms with Crippen molar-refractivity contribution in [2.24, 2.45) is 11.8 Å². The molecule has 1 saturated heterocycles. The Morgan fingerprint density at radius 2 is 1.69 bits per heavy atom. The molecule has 2 heterocycles. The number of carbonyl (C=O) groups is 2. The van der Waals surface area contributed by atoms with Crippen LogP contribution in [-0.4, -0.2) is 54.5 Å². The molecule has 2 aliphatic heterocycles.